The van der Waals surface area contributed by atoms with E-state index in [4.69, 9.17) is 10.5 Å². The molecule has 0 aliphatic carbocycles. The van der Waals surface area contributed by atoms with Gasteiger partial charge in [-0.05, 0) is 37.8 Å². The second kappa shape index (κ2) is 6.56. The van der Waals surface area contributed by atoms with Crippen LogP contribution in [0.5, 0.6) is 0 Å². The summed E-state index contributed by atoms with van der Waals surface area (Å²) in [6.07, 6.45) is 2.16. The van der Waals surface area contributed by atoms with Gasteiger partial charge in [0.2, 0.25) is 0 Å². The van der Waals surface area contributed by atoms with Crippen molar-refractivity contribution in [2.24, 2.45) is 5.92 Å². The number of rotatable bonds is 5. The van der Waals surface area contributed by atoms with Gasteiger partial charge in [-0.1, -0.05) is 0 Å². The minimum atomic E-state index is -0.451. The first-order chi connectivity index (χ1) is 9.61. The second-order valence-corrected chi connectivity index (χ2v) is 5.09. The van der Waals surface area contributed by atoms with Gasteiger partial charge in [-0.25, -0.2) is 0 Å². The highest BCUT2D eigenvalue weighted by atomic mass is 16.6. The van der Waals surface area contributed by atoms with Gasteiger partial charge in [-0.15, -0.1) is 0 Å². The molecule has 0 unspecified atom stereocenters. The van der Waals surface area contributed by atoms with Crippen molar-refractivity contribution in [3.8, 4) is 0 Å². The molecule has 1 aromatic carbocycles. The third kappa shape index (κ3) is 3.39. The standard InChI is InChI=1S/C14H21N3O3/c1-2-20-10-11-5-7-16(8-6-11)12-3-4-14(17(18)19)13(15)9-12/h3-4,9,11H,2,5-8,10,15H2,1H3. The summed E-state index contributed by atoms with van der Waals surface area (Å²) in [5.74, 6) is 0.613. The van der Waals surface area contributed by atoms with Crippen molar-refractivity contribution in [1.29, 1.82) is 0 Å². The SMILES string of the molecule is CCOCC1CCN(c2ccc([N+](=O)[O-])c(N)c2)CC1. The molecule has 1 fully saturated rings. The van der Waals surface area contributed by atoms with Crippen LogP contribution >= 0.6 is 0 Å². The van der Waals surface area contributed by atoms with Crippen LogP contribution in [0, 0.1) is 16.0 Å². The summed E-state index contributed by atoms with van der Waals surface area (Å²) in [5, 5.41) is 10.8. The number of anilines is 2. The maximum atomic E-state index is 10.8. The first-order valence-corrected chi connectivity index (χ1v) is 6.98. The zero-order chi connectivity index (χ0) is 14.5. The third-order valence-electron chi connectivity index (χ3n) is 3.75. The highest BCUT2D eigenvalue weighted by Crippen LogP contribution is 2.29. The fraction of sp³-hybridized carbons (Fsp3) is 0.571. The van der Waals surface area contributed by atoms with E-state index in [1.54, 1.807) is 12.1 Å². The minimum absolute atomic E-state index is 0.0278. The van der Waals surface area contributed by atoms with Crippen molar-refractivity contribution in [1.82, 2.24) is 0 Å². The molecule has 2 N–H and O–H groups in total. The summed E-state index contributed by atoms with van der Waals surface area (Å²) in [4.78, 5) is 12.5. The number of hydrogen-bond donors (Lipinski definition) is 1. The zero-order valence-corrected chi connectivity index (χ0v) is 11.7. The molecule has 0 radical (unpaired) electrons. The van der Waals surface area contributed by atoms with Gasteiger partial charge in [0.15, 0.2) is 0 Å². The maximum absolute atomic E-state index is 10.8. The smallest absolute Gasteiger partial charge is 0.292 e. The van der Waals surface area contributed by atoms with Crippen molar-refractivity contribution >= 4 is 17.1 Å². The molecule has 0 amide bonds. The first-order valence-electron chi connectivity index (χ1n) is 6.98. The quantitative estimate of drug-likeness (QED) is 0.508. The van der Waals surface area contributed by atoms with Crippen LogP contribution in [0.25, 0.3) is 0 Å². The van der Waals surface area contributed by atoms with Gasteiger partial charge in [0.05, 0.1) is 4.92 Å². The van der Waals surface area contributed by atoms with Crippen LogP contribution in [0.15, 0.2) is 18.2 Å². The fourth-order valence-corrected chi connectivity index (χ4v) is 2.55. The number of hydrogen-bond acceptors (Lipinski definition) is 5. The van der Waals surface area contributed by atoms with E-state index in [1.165, 1.54) is 6.07 Å². The van der Waals surface area contributed by atoms with E-state index in [2.05, 4.69) is 4.90 Å². The summed E-state index contributed by atoms with van der Waals surface area (Å²) in [7, 11) is 0. The van der Waals surface area contributed by atoms with Crippen LogP contribution < -0.4 is 10.6 Å². The highest BCUT2D eigenvalue weighted by molar-refractivity contribution is 5.66. The van der Waals surface area contributed by atoms with Crippen molar-refractivity contribution in [2.45, 2.75) is 19.8 Å². The topological polar surface area (TPSA) is 81.6 Å². The van der Waals surface area contributed by atoms with Crippen molar-refractivity contribution in [2.75, 3.05) is 36.9 Å². The normalized spacial score (nSPS) is 16.4. The van der Waals surface area contributed by atoms with E-state index in [-0.39, 0.29) is 11.4 Å². The number of piperidine rings is 1. The van der Waals surface area contributed by atoms with E-state index in [9.17, 15) is 10.1 Å². The molecule has 6 nitrogen and oxygen atoms in total. The Morgan fingerprint density at radius 2 is 2.15 bits per heavy atom. The molecule has 1 heterocycles. The van der Waals surface area contributed by atoms with Crippen LogP contribution in [-0.4, -0.2) is 31.2 Å². The third-order valence-corrected chi connectivity index (χ3v) is 3.75. The molecule has 0 atom stereocenters. The Balaban J connectivity index is 1.97. The molecule has 0 bridgehead atoms. The lowest BCUT2D eigenvalue weighted by atomic mass is 9.97. The molecule has 1 aliphatic rings. The van der Waals surface area contributed by atoms with Gasteiger partial charge in [0.1, 0.15) is 5.69 Å². The Kier molecular flexibility index (Phi) is 4.79. The van der Waals surface area contributed by atoms with Gasteiger partial charge < -0.3 is 15.4 Å². The van der Waals surface area contributed by atoms with Crippen molar-refractivity contribution in [3.05, 3.63) is 28.3 Å². The lowest BCUT2D eigenvalue weighted by Gasteiger charge is -2.33. The molecule has 1 saturated heterocycles. The Labute approximate surface area is 118 Å². The molecule has 20 heavy (non-hydrogen) atoms. The molecule has 1 aliphatic heterocycles. The molecular formula is C14H21N3O3. The summed E-state index contributed by atoms with van der Waals surface area (Å²) in [6.45, 7) is 5.48. The van der Waals surface area contributed by atoms with Gasteiger partial charge in [0, 0.05) is 38.1 Å². The van der Waals surface area contributed by atoms with Gasteiger partial charge in [-0.2, -0.15) is 0 Å². The Bertz CT molecular complexity index is 471. The van der Waals surface area contributed by atoms with E-state index in [1.807, 2.05) is 6.92 Å². The van der Waals surface area contributed by atoms with Crippen LogP contribution in [-0.2, 0) is 4.74 Å². The van der Waals surface area contributed by atoms with E-state index >= 15 is 0 Å². The second-order valence-electron chi connectivity index (χ2n) is 5.09. The zero-order valence-electron chi connectivity index (χ0n) is 11.7. The van der Waals surface area contributed by atoms with Gasteiger partial charge in [0.25, 0.3) is 5.69 Å². The highest BCUT2D eigenvalue weighted by Gasteiger charge is 2.21. The average molecular weight is 279 g/mol. The summed E-state index contributed by atoms with van der Waals surface area (Å²) < 4.78 is 5.46. The largest absolute Gasteiger partial charge is 0.393 e. The lowest BCUT2D eigenvalue weighted by Crippen LogP contribution is -2.35. The van der Waals surface area contributed by atoms with Gasteiger partial charge in [-0.3, -0.25) is 10.1 Å². The van der Waals surface area contributed by atoms with Crippen LogP contribution in [0.3, 0.4) is 0 Å². The molecule has 110 valence electrons. The molecule has 2 rings (SSSR count). The Morgan fingerprint density at radius 1 is 1.45 bits per heavy atom. The minimum Gasteiger partial charge on any atom is -0.393 e. The predicted octanol–water partition coefficient (Wildman–Crippen LogP) is 2.43. The number of nitro benzene ring substituents is 1. The van der Waals surface area contributed by atoms with Crippen molar-refractivity contribution in [3.63, 3.8) is 0 Å². The predicted molar refractivity (Wildman–Crippen MR) is 78.9 cm³/mol. The van der Waals surface area contributed by atoms with Crippen LogP contribution in [0.1, 0.15) is 19.8 Å². The van der Waals surface area contributed by atoms with E-state index in [0.29, 0.717) is 5.92 Å². The van der Waals surface area contributed by atoms with Crippen LogP contribution in [0.2, 0.25) is 0 Å². The number of nitrogens with two attached hydrogens (primary N) is 1. The molecule has 0 aromatic heterocycles. The monoisotopic (exact) mass is 279 g/mol. The lowest BCUT2D eigenvalue weighted by molar-refractivity contribution is -0.383. The van der Waals surface area contributed by atoms with Gasteiger partial charge >= 0.3 is 0 Å². The number of nitrogen functional groups attached to an aromatic ring is 1. The number of ether oxygens (including phenoxy) is 1. The number of nitro groups is 1. The first kappa shape index (κ1) is 14.6. The fourth-order valence-electron chi connectivity index (χ4n) is 2.55. The summed E-state index contributed by atoms with van der Waals surface area (Å²) in [6, 6.07) is 4.95. The van der Waals surface area contributed by atoms with Crippen LogP contribution in [0.4, 0.5) is 17.1 Å². The molecule has 0 saturated carbocycles. The molecule has 1 aromatic rings. The maximum Gasteiger partial charge on any atom is 0.292 e. The molecular weight excluding hydrogens is 258 g/mol. The average Bonchev–Trinajstić information content (AvgIpc) is 2.45. The molecule has 6 heteroatoms. The van der Waals surface area contributed by atoms with E-state index < -0.39 is 4.92 Å². The molecule has 0 spiro atoms. The number of benzene rings is 1. The van der Waals surface area contributed by atoms with Crippen molar-refractivity contribution < 1.29 is 9.66 Å². The Hall–Kier alpha value is -1.82. The number of nitrogens with zero attached hydrogens (tertiary/aromatic N) is 2. The summed E-state index contributed by atoms with van der Waals surface area (Å²) in [5.41, 5.74) is 6.89. The summed E-state index contributed by atoms with van der Waals surface area (Å²) >= 11 is 0. The Morgan fingerprint density at radius 3 is 2.70 bits per heavy atom. The van der Waals surface area contributed by atoms with E-state index in [0.717, 1.165) is 44.8 Å².